The molecule has 1 amide bonds. The Morgan fingerprint density at radius 2 is 2.05 bits per heavy atom. The number of aromatic nitrogens is 1. The van der Waals surface area contributed by atoms with E-state index >= 15 is 0 Å². The Kier molecular flexibility index (Phi) is 4.52. The van der Waals surface area contributed by atoms with Gasteiger partial charge in [0.1, 0.15) is 6.61 Å². The van der Waals surface area contributed by atoms with Crippen LogP contribution in [0.1, 0.15) is 11.3 Å². The summed E-state index contributed by atoms with van der Waals surface area (Å²) >= 11 is 3.37. The van der Waals surface area contributed by atoms with E-state index in [4.69, 9.17) is 4.74 Å². The van der Waals surface area contributed by atoms with Crippen LogP contribution < -0.4 is 5.32 Å². The molecule has 2 rings (SSSR count). The molecule has 0 fully saturated rings. The van der Waals surface area contributed by atoms with E-state index < -0.39 is 6.09 Å². The van der Waals surface area contributed by atoms with Crippen molar-refractivity contribution in [2.45, 2.75) is 13.5 Å². The van der Waals surface area contributed by atoms with Gasteiger partial charge in [0.2, 0.25) is 0 Å². The second-order valence-electron chi connectivity index (χ2n) is 3.94. The van der Waals surface area contributed by atoms with Crippen LogP contribution in [0.25, 0.3) is 0 Å². The Labute approximate surface area is 119 Å². The highest BCUT2D eigenvalue weighted by molar-refractivity contribution is 9.10. The summed E-state index contributed by atoms with van der Waals surface area (Å²) in [6.07, 6.45) is 1.14. The van der Waals surface area contributed by atoms with Crippen molar-refractivity contribution in [2.75, 3.05) is 5.32 Å². The zero-order valence-electron chi connectivity index (χ0n) is 10.4. The maximum Gasteiger partial charge on any atom is 0.411 e. The van der Waals surface area contributed by atoms with Crippen molar-refractivity contribution in [3.8, 4) is 0 Å². The van der Waals surface area contributed by atoms with Crippen LogP contribution in [-0.2, 0) is 11.3 Å². The topological polar surface area (TPSA) is 51.2 Å². The largest absolute Gasteiger partial charge is 0.444 e. The van der Waals surface area contributed by atoms with Gasteiger partial charge in [0.15, 0.2) is 0 Å². The first-order valence-electron chi connectivity index (χ1n) is 5.75. The molecule has 1 heterocycles. The smallest absolute Gasteiger partial charge is 0.411 e. The first-order valence-corrected chi connectivity index (χ1v) is 6.55. The van der Waals surface area contributed by atoms with Crippen LogP contribution in [0.3, 0.4) is 0 Å². The van der Waals surface area contributed by atoms with Crippen LogP contribution in [0, 0.1) is 6.92 Å². The lowest BCUT2D eigenvalue weighted by Crippen LogP contribution is -2.14. The maximum absolute atomic E-state index is 11.7. The number of nitrogens with zero attached hydrogens (tertiary/aromatic N) is 1. The van der Waals surface area contributed by atoms with Gasteiger partial charge < -0.3 is 4.74 Å². The lowest BCUT2D eigenvalue weighted by Gasteiger charge is -2.09. The first kappa shape index (κ1) is 13.5. The molecule has 5 heteroatoms. The number of hydrogen-bond acceptors (Lipinski definition) is 3. The van der Waals surface area contributed by atoms with E-state index in [1.54, 1.807) is 12.3 Å². The molecule has 0 aliphatic heterocycles. The number of ether oxygens (including phenoxy) is 1. The number of pyridine rings is 1. The van der Waals surface area contributed by atoms with Crippen LogP contribution in [0.5, 0.6) is 0 Å². The molecule has 4 nitrogen and oxygen atoms in total. The Morgan fingerprint density at radius 3 is 2.79 bits per heavy atom. The van der Waals surface area contributed by atoms with E-state index in [2.05, 4.69) is 26.2 Å². The zero-order valence-corrected chi connectivity index (χ0v) is 12.0. The lowest BCUT2D eigenvalue weighted by molar-refractivity contribution is 0.155. The molecule has 0 bridgehead atoms. The van der Waals surface area contributed by atoms with Crippen LogP contribution in [0.15, 0.2) is 47.1 Å². The fraction of sp³-hybridized carbons (Fsp3) is 0.143. The summed E-state index contributed by atoms with van der Waals surface area (Å²) in [6.45, 7) is 2.10. The summed E-state index contributed by atoms with van der Waals surface area (Å²) in [6, 6.07) is 11.2. The van der Waals surface area contributed by atoms with Gasteiger partial charge in [0, 0.05) is 6.20 Å². The first-order chi connectivity index (χ1) is 9.16. The number of carbonyl (C=O) groups excluding carboxylic acids is 1. The molecule has 1 aromatic carbocycles. The Hall–Kier alpha value is -1.88. The highest BCUT2D eigenvalue weighted by atomic mass is 79.9. The summed E-state index contributed by atoms with van der Waals surface area (Å²) in [5.41, 5.74) is 2.40. The van der Waals surface area contributed by atoms with Crippen molar-refractivity contribution in [3.05, 3.63) is 58.3 Å². The fourth-order valence-electron chi connectivity index (χ4n) is 1.51. The molecule has 1 aromatic heterocycles. The minimum atomic E-state index is -0.491. The van der Waals surface area contributed by atoms with Crippen LogP contribution >= 0.6 is 15.9 Å². The standard InChI is InChI=1S/C14H13BrN2O2/c1-10-13(15)12(7-8-16-10)17-14(18)19-9-11-5-3-2-4-6-11/h2-8H,9H2,1H3,(H,16,17,18). The normalized spacial score (nSPS) is 10.0. The molecule has 0 radical (unpaired) electrons. The fourth-order valence-corrected chi connectivity index (χ4v) is 1.85. The van der Waals surface area contributed by atoms with Crippen molar-refractivity contribution in [3.63, 3.8) is 0 Å². The average Bonchev–Trinajstić information content (AvgIpc) is 2.43. The number of hydrogen-bond donors (Lipinski definition) is 1. The van der Waals surface area contributed by atoms with Crippen molar-refractivity contribution < 1.29 is 9.53 Å². The van der Waals surface area contributed by atoms with Crippen LogP contribution in [0.4, 0.5) is 10.5 Å². The van der Waals surface area contributed by atoms with E-state index in [1.807, 2.05) is 37.3 Å². The number of anilines is 1. The van der Waals surface area contributed by atoms with Gasteiger partial charge in [-0.3, -0.25) is 10.3 Å². The molecule has 1 N–H and O–H groups in total. The van der Waals surface area contributed by atoms with Crippen molar-refractivity contribution in [1.29, 1.82) is 0 Å². The summed E-state index contributed by atoms with van der Waals surface area (Å²) in [5.74, 6) is 0. The van der Waals surface area contributed by atoms with Gasteiger partial charge >= 0.3 is 6.09 Å². The number of nitrogens with one attached hydrogen (secondary N) is 1. The third kappa shape index (κ3) is 3.79. The maximum atomic E-state index is 11.7. The number of amides is 1. The number of benzene rings is 1. The van der Waals surface area contributed by atoms with Gasteiger partial charge in [0.05, 0.1) is 15.9 Å². The minimum absolute atomic E-state index is 0.244. The third-order valence-electron chi connectivity index (χ3n) is 2.51. The van der Waals surface area contributed by atoms with Crippen LogP contribution in [0.2, 0.25) is 0 Å². The van der Waals surface area contributed by atoms with E-state index in [0.717, 1.165) is 15.7 Å². The monoisotopic (exact) mass is 320 g/mol. The summed E-state index contributed by atoms with van der Waals surface area (Å²) in [4.78, 5) is 15.8. The highest BCUT2D eigenvalue weighted by Gasteiger charge is 2.08. The van der Waals surface area contributed by atoms with Gasteiger partial charge in [-0.15, -0.1) is 0 Å². The van der Waals surface area contributed by atoms with Gasteiger partial charge in [0.25, 0.3) is 0 Å². The predicted octanol–water partition coefficient (Wildman–Crippen LogP) is 3.90. The molecule has 0 spiro atoms. The zero-order chi connectivity index (χ0) is 13.7. The summed E-state index contributed by atoms with van der Waals surface area (Å²) in [5, 5.41) is 2.67. The van der Waals surface area contributed by atoms with Crippen molar-refractivity contribution >= 4 is 27.7 Å². The Bertz CT molecular complexity index is 573. The average molecular weight is 321 g/mol. The molecule has 2 aromatic rings. The molecule has 0 aliphatic rings. The van der Waals surface area contributed by atoms with Gasteiger partial charge in [-0.2, -0.15) is 0 Å². The molecule has 98 valence electrons. The van der Waals surface area contributed by atoms with Crippen molar-refractivity contribution in [2.24, 2.45) is 0 Å². The molecular formula is C14H13BrN2O2. The Balaban J connectivity index is 1.93. The molecule has 19 heavy (non-hydrogen) atoms. The summed E-state index contributed by atoms with van der Waals surface area (Å²) < 4.78 is 5.89. The quantitative estimate of drug-likeness (QED) is 0.933. The highest BCUT2D eigenvalue weighted by Crippen LogP contribution is 2.24. The molecule has 0 unspecified atom stereocenters. The van der Waals surface area contributed by atoms with Gasteiger partial charge in [-0.1, -0.05) is 30.3 Å². The second-order valence-corrected chi connectivity index (χ2v) is 4.74. The van der Waals surface area contributed by atoms with E-state index in [0.29, 0.717) is 5.69 Å². The van der Waals surface area contributed by atoms with E-state index in [9.17, 15) is 4.79 Å². The molecular weight excluding hydrogens is 308 g/mol. The number of aryl methyl sites for hydroxylation is 1. The van der Waals surface area contributed by atoms with Crippen LogP contribution in [-0.4, -0.2) is 11.1 Å². The van der Waals surface area contributed by atoms with E-state index in [-0.39, 0.29) is 6.61 Å². The molecule has 0 saturated heterocycles. The van der Waals surface area contributed by atoms with Crippen molar-refractivity contribution in [1.82, 2.24) is 4.98 Å². The third-order valence-corrected chi connectivity index (χ3v) is 3.51. The molecule has 0 saturated carbocycles. The SMILES string of the molecule is Cc1nccc(NC(=O)OCc2ccccc2)c1Br. The minimum Gasteiger partial charge on any atom is -0.444 e. The lowest BCUT2D eigenvalue weighted by atomic mass is 10.2. The number of rotatable bonds is 3. The summed E-state index contributed by atoms with van der Waals surface area (Å²) in [7, 11) is 0. The molecule has 0 atom stereocenters. The van der Waals surface area contributed by atoms with E-state index in [1.165, 1.54) is 0 Å². The Morgan fingerprint density at radius 1 is 1.32 bits per heavy atom. The number of carbonyl (C=O) groups is 1. The number of halogens is 1. The second kappa shape index (κ2) is 6.33. The van der Waals surface area contributed by atoms with Gasteiger partial charge in [-0.05, 0) is 34.5 Å². The molecule has 0 aliphatic carbocycles. The van der Waals surface area contributed by atoms with Gasteiger partial charge in [-0.25, -0.2) is 4.79 Å². The predicted molar refractivity (Wildman–Crippen MR) is 76.9 cm³/mol.